The van der Waals surface area contributed by atoms with Crippen LogP contribution in [-0.2, 0) is 9.53 Å². The van der Waals surface area contributed by atoms with Crippen LogP contribution < -0.4 is 0 Å². The van der Waals surface area contributed by atoms with E-state index in [1.165, 1.54) is 6.42 Å². The summed E-state index contributed by atoms with van der Waals surface area (Å²) in [6, 6.07) is 3.77. The topological polar surface area (TPSA) is 45.9 Å². The van der Waals surface area contributed by atoms with Gasteiger partial charge in [-0.2, -0.15) is 0 Å². The van der Waals surface area contributed by atoms with Crippen molar-refractivity contribution in [1.82, 2.24) is 9.80 Å². The number of carbonyl (C=O) groups is 1. The van der Waals surface area contributed by atoms with Crippen molar-refractivity contribution in [2.45, 2.75) is 13.3 Å². The second kappa shape index (κ2) is 7.11. The molecular formula is C17H24N2O3. The molecule has 0 radical (unpaired) electrons. The Labute approximate surface area is 131 Å². The number of piperazine rings is 1. The van der Waals surface area contributed by atoms with Crippen LogP contribution in [-0.4, -0.2) is 61.6 Å². The third-order valence-electron chi connectivity index (χ3n) is 4.38. The van der Waals surface area contributed by atoms with Gasteiger partial charge in [-0.3, -0.25) is 9.69 Å². The molecule has 1 aromatic heterocycles. The summed E-state index contributed by atoms with van der Waals surface area (Å²) in [5.41, 5.74) is 0. The molecule has 0 N–H and O–H groups in total. The van der Waals surface area contributed by atoms with Crippen LogP contribution in [0.3, 0.4) is 0 Å². The van der Waals surface area contributed by atoms with Crippen LogP contribution in [0.1, 0.15) is 17.9 Å². The smallest absolute Gasteiger partial charge is 0.246 e. The number of aryl methyl sites for hydroxylation is 1. The molecule has 0 aliphatic carbocycles. The molecular weight excluding hydrogens is 280 g/mol. The molecule has 0 bridgehead atoms. The molecule has 5 heteroatoms. The second-order valence-electron chi connectivity index (χ2n) is 6.14. The average Bonchev–Trinajstić information content (AvgIpc) is 3.17. The SMILES string of the molecule is Cc1ccc(/C=C/C(=O)N2CCN(C[C@@H]3CCOC3)CC2)o1. The lowest BCUT2D eigenvalue weighted by Gasteiger charge is -2.35. The number of hydrogen-bond donors (Lipinski definition) is 0. The Morgan fingerprint density at radius 1 is 1.32 bits per heavy atom. The van der Waals surface area contributed by atoms with E-state index in [4.69, 9.17) is 9.15 Å². The quantitative estimate of drug-likeness (QED) is 0.796. The van der Waals surface area contributed by atoms with Gasteiger partial charge >= 0.3 is 0 Å². The lowest BCUT2D eigenvalue weighted by Crippen LogP contribution is -2.49. The van der Waals surface area contributed by atoms with Gasteiger partial charge in [0.05, 0.1) is 6.61 Å². The van der Waals surface area contributed by atoms with Gasteiger partial charge in [0.25, 0.3) is 0 Å². The summed E-state index contributed by atoms with van der Waals surface area (Å²) >= 11 is 0. The summed E-state index contributed by atoms with van der Waals surface area (Å²) in [6.45, 7) is 8.30. The Morgan fingerprint density at radius 2 is 2.14 bits per heavy atom. The summed E-state index contributed by atoms with van der Waals surface area (Å²) in [4.78, 5) is 16.5. The molecule has 0 spiro atoms. The van der Waals surface area contributed by atoms with Crippen molar-refractivity contribution in [3.63, 3.8) is 0 Å². The van der Waals surface area contributed by atoms with Crippen molar-refractivity contribution in [3.05, 3.63) is 29.7 Å². The predicted octanol–water partition coefficient (Wildman–Crippen LogP) is 1.78. The molecule has 3 heterocycles. The Balaban J connectivity index is 1.44. The number of ether oxygens (including phenoxy) is 1. The van der Waals surface area contributed by atoms with Gasteiger partial charge in [-0.05, 0) is 37.5 Å². The summed E-state index contributed by atoms with van der Waals surface area (Å²) < 4.78 is 10.9. The highest BCUT2D eigenvalue weighted by Gasteiger charge is 2.23. The number of amides is 1. The monoisotopic (exact) mass is 304 g/mol. The minimum atomic E-state index is 0.0675. The highest BCUT2D eigenvalue weighted by atomic mass is 16.5. The number of furan rings is 1. The fraction of sp³-hybridized carbons (Fsp3) is 0.588. The van der Waals surface area contributed by atoms with Gasteiger partial charge in [0.2, 0.25) is 5.91 Å². The fourth-order valence-electron chi connectivity index (χ4n) is 3.05. The summed E-state index contributed by atoms with van der Waals surface area (Å²) in [5, 5.41) is 0. The molecule has 3 rings (SSSR count). The summed E-state index contributed by atoms with van der Waals surface area (Å²) in [7, 11) is 0. The zero-order chi connectivity index (χ0) is 15.4. The first kappa shape index (κ1) is 15.3. The number of hydrogen-bond acceptors (Lipinski definition) is 4. The maximum absolute atomic E-state index is 12.2. The molecule has 2 fully saturated rings. The first-order valence-corrected chi connectivity index (χ1v) is 8.04. The van der Waals surface area contributed by atoms with E-state index in [9.17, 15) is 4.79 Å². The van der Waals surface area contributed by atoms with Crippen LogP contribution >= 0.6 is 0 Å². The first-order valence-electron chi connectivity index (χ1n) is 8.04. The molecule has 2 aliphatic heterocycles. The van der Waals surface area contributed by atoms with Gasteiger partial charge in [-0.25, -0.2) is 0 Å². The van der Waals surface area contributed by atoms with Gasteiger partial charge in [0.1, 0.15) is 11.5 Å². The predicted molar refractivity (Wildman–Crippen MR) is 84.4 cm³/mol. The molecule has 22 heavy (non-hydrogen) atoms. The summed E-state index contributed by atoms with van der Waals surface area (Å²) in [5.74, 6) is 2.32. The molecule has 1 atom stereocenters. The van der Waals surface area contributed by atoms with Crippen molar-refractivity contribution < 1.29 is 13.9 Å². The molecule has 1 aromatic rings. The highest BCUT2D eigenvalue weighted by molar-refractivity contribution is 5.91. The van der Waals surface area contributed by atoms with E-state index in [1.807, 2.05) is 24.0 Å². The lowest BCUT2D eigenvalue weighted by molar-refractivity contribution is -0.127. The maximum Gasteiger partial charge on any atom is 0.246 e. The van der Waals surface area contributed by atoms with Crippen molar-refractivity contribution in [2.24, 2.45) is 5.92 Å². The first-order chi connectivity index (χ1) is 10.7. The van der Waals surface area contributed by atoms with E-state index in [0.717, 1.165) is 57.5 Å². The van der Waals surface area contributed by atoms with Gasteiger partial charge in [-0.15, -0.1) is 0 Å². The van der Waals surface area contributed by atoms with Gasteiger partial charge in [0, 0.05) is 45.4 Å². The van der Waals surface area contributed by atoms with E-state index in [1.54, 1.807) is 12.2 Å². The second-order valence-corrected chi connectivity index (χ2v) is 6.14. The Bertz CT molecular complexity index is 524. The average molecular weight is 304 g/mol. The largest absolute Gasteiger partial charge is 0.462 e. The zero-order valence-corrected chi connectivity index (χ0v) is 13.2. The van der Waals surface area contributed by atoms with Crippen molar-refractivity contribution >= 4 is 12.0 Å². The Morgan fingerprint density at radius 3 is 2.77 bits per heavy atom. The van der Waals surface area contributed by atoms with Crippen LogP contribution in [0.2, 0.25) is 0 Å². The minimum Gasteiger partial charge on any atom is -0.462 e. The van der Waals surface area contributed by atoms with Gasteiger partial charge in [-0.1, -0.05) is 0 Å². The van der Waals surface area contributed by atoms with E-state index >= 15 is 0 Å². The van der Waals surface area contributed by atoms with Crippen LogP contribution in [0.5, 0.6) is 0 Å². The van der Waals surface area contributed by atoms with E-state index in [-0.39, 0.29) is 5.91 Å². The third-order valence-corrected chi connectivity index (χ3v) is 4.38. The standard InChI is InChI=1S/C17H24N2O3/c1-14-2-3-16(22-14)4-5-17(20)19-9-7-18(8-10-19)12-15-6-11-21-13-15/h2-5,15H,6-13H2,1H3/b5-4+/t15-/m0/s1. The molecule has 1 amide bonds. The van der Waals surface area contributed by atoms with Crippen molar-refractivity contribution in [1.29, 1.82) is 0 Å². The van der Waals surface area contributed by atoms with Gasteiger partial charge in [0.15, 0.2) is 0 Å². The van der Waals surface area contributed by atoms with Gasteiger partial charge < -0.3 is 14.1 Å². The maximum atomic E-state index is 12.2. The third kappa shape index (κ3) is 3.99. The molecule has 0 unspecified atom stereocenters. The molecule has 0 saturated carbocycles. The number of rotatable bonds is 4. The molecule has 2 aliphatic rings. The molecule has 120 valence electrons. The van der Waals surface area contributed by atoms with Crippen LogP contribution in [0.15, 0.2) is 22.6 Å². The van der Waals surface area contributed by atoms with E-state index < -0.39 is 0 Å². The molecule has 5 nitrogen and oxygen atoms in total. The molecule has 0 aromatic carbocycles. The van der Waals surface area contributed by atoms with Crippen molar-refractivity contribution in [3.8, 4) is 0 Å². The zero-order valence-electron chi connectivity index (χ0n) is 13.2. The van der Waals surface area contributed by atoms with Crippen molar-refractivity contribution in [2.75, 3.05) is 45.9 Å². The lowest BCUT2D eigenvalue weighted by atomic mass is 10.1. The number of carbonyl (C=O) groups excluding carboxylic acids is 1. The Kier molecular flexibility index (Phi) is 4.95. The van der Waals surface area contributed by atoms with Crippen LogP contribution in [0.4, 0.5) is 0 Å². The summed E-state index contributed by atoms with van der Waals surface area (Å²) in [6.07, 6.45) is 4.53. The van der Waals surface area contributed by atoms with E-state index in [2.05, 4.69) is 4.90 Å². The minimum absolute atomic E-state index is 0.0675. The van der Waals surface area contributed by atoms with E-state index in [0.29, 0.717) is 5.92 Å². The number of nitrogens with zero attached hydrogens (tertiary/aromatic N) is 2. The fourth-order valence-corrected chi connectivity index (χ4v) is 3.05. The highest BCUT2D eigenvalue weighted by Crippen LogP contribution is 2.15. The Hall–Kier alpha value is -1.59. The molecule has 2 saturated heterocycles. The van der Waals surface area contributed by atoms with Crippen LogP contribution in [0.25, 0.3) is 6.08 Å². The van der Waals surface area contributed by atoms with Crippen LogP contribution in [0, 0.1) is 12.8 Å². The normalized spacial score (nSPS) is 23.5.